The summed E-state index contributed by atoms with van der Waals surface area (Å²) in [6, 6.07) is 0. The third-order valence-corrected chi connectivity index (χ3v) is 14.1. The summed E-state index contributed by atoms with van der Waals surface area (Å²) >= 11 is 0. The summed E-state index contributed by atoms with van der Waals surface area (Å²) in [5, 5.41) is 0. The first-order chi connectivity index (χ1) is 28.8. The minimum absolute atomic E-state index is 0.865. The standard InChI is InChI=1S/C58H117/c1-5-8-11-14-17-20-23-26-29-31-34-37-40-43-46-49-52-55-58(56-53-50-47-44-41-38-35-32-30-27-24-21-18-15-12-9-6-2)57(4)54-51-48-45-42-39-36-33-28-25-22-19-16-13-10-7-3/h57H,5-56H2,1-4H3. The molecule has 1 atom stereocenters. The van der Waals surface area contributed by atoms with Crippen molar-refractivity contribution in [3.05, 3.63) is 5.92 Å². The summed E-state index contributed by atoms with van der Waals surface area (Å²) < 4.78 is 0. The van der Waals surface area contributed by atoms with Crippen LogP contribution in [0.2, 0.25) is 0 Å². The zero-order valence-electron chi connectivity index (χ0n) is 41.8. The Kier molecular flexibility index (Phi) is 53.1. The zero-order chi connectivity index (χ0) is 41.9. The molecule has 0 heteroatoms. The summed E-state index contributed by atoms with van der Waals surface area (Å²) in [4.78, 5) is 0. The fourth-order valence-electron chi connectivity index (χ4n) is 9.80. The minimum Gasteiger partial charge on any atom is -0.0654 e. The van der Waals surface area contributed by atoms with E-state index in [1.807, 2.05) is 5.92 Å². The molecule has 58 heavy (non-hydrogen) atoms. The largest absolute Gasteiger partial charge is 0.0654 e. The highest BCUT2D eigenvalue weighted by Crippen LogP contribution is 2.32. The second-order valence-electron chi connectivity index (χ2n) is 20.1. The summed E-state index contributed by atoms with van der Waals surface area (Å²) in [5.74, 6) is 2.83. The van der Waals surface area contributed by atoms with Crippen LogP contribution in [0.3, 0.4) is 0 Å². The maximum atomic E-state index is 2.61. The highest BCUT2D eigenvalue weighted by Gasteiger charge is 2.17. The van der Waals surface area contributed by atoms with Crippen LogP contribution < -0.4 is 0 Å². The normalized spacial score (nSPS) is 12.4. The number of unbranched alkanes of at least 4 members (excludes halogenated alkanes) is 46. The Morgan fingerprint density at radius 3 is 0.552 bits per heavy atom. The molecule has 0 aromatic rings. The first kappa shape index (κ1) is 58.0. The maximum Gasteiger partial charge on any atom is -0.0213 e. The van der Waals surface area contributed by atoms with Crippen LogP contribution in [0.4, 0.5) is 0 Å². The van der Waals surface area contributed by atoms with Crippen LogP contribution in [0.5, 0.6) is 0 Å². The van der Waals surface area contributed by atoms with Crippen LogP contribution in [0.25, 0.3) is 0 Å². The van der Waals surface area contributed by atoms with E-state index in [4.69, 9.17) is 0 Å². The van der Waals surface area contributed by atoms with E-state index in [0.717, 1.165) is 5.92 Å². The third kappa shape index (κ3) is 48.7. The number of hydrogen-bond acceptors (Lipinski definition) is 0. The van der Waals surface area contributed by atoms with Crippen molar-refractivity contribution in [1.82, 2.24) is 0 Å². The van der Waals surface area contributed by atoms with Gasteiger partial charge in [-0.05, 0) is 24.7 Å². The van der Waals surface area contributed by atoms with E-state index >= 15 is 0 Å². The Labute approximate surface area is 372 Å². The molecule has 0 N–H and O–H groups in total. The van der Waals surface area contributed by atoms with Crippen molar-refractivity contribution in [1.29, 1.82) is 0 Å². The Bertz CT molecular complexity index is 642. The SMILES string of the molecule is CCCCCCCCCCCCCCCCCCC[C](CCCCCCCCCCCCCCCCCCC)C(C)CCCCCCCCCCCCCCCCC. The number of rotatable bonds is 53. The van der Waals surface area contributed by atoms with Gasteiger partial charge in [0.05, 0.1) is 0 Å². The monoisotopic (exact) mass is 814 g/mol. The van der Waals surface area contributed by atoms with Gasteiger partial charge in [0, 0.05) is 0 Å². The average Bonchev–Trinajstić information content (AvgIpc) is 3.23. The van der Waals surface area contributed by atoms with Crippen LogP contribution in [-0.4, -0.2) is 0 Å². The van der Waals surface area contributed by atoms with Gasteiger partial charge in [0.1, 0.15) is 0 Å². The molecule has 0 fully saturated rings. The lowest BCUT2D eigenvalue weighted by Gasteiger charge is -2.24. The molecule has 0 bridgehead atoms. The summed E-state index contributed by atoms with van der Waals surface area (Å²) in [6.45, 7) is 9.57. The van der Waals surface area contributed by atoms with Crippen molar-refractivity contribution in [3.63, 3.8) is 0 Å². The van der Waals surface area contributed by atoms with E-state index in [1.165, 1.54) is 334 Å². The predicted molar refractivity (Wildman–Crippen MR) is 270 cm³/mol. The molecule has 0 aromatic heterocycles. The van der Waals surface area contributed by atoms with Crippen LogP contribution in [-0.2, 0) is 0 Å². The van der Waals surface area contributed by atoms with E-state index in [1.54, 1.807) is 0 Å². The molecular formula is C58H117. The molecule has 0 amide bonds. The second-order valence-corrected chi connectivity index (χ2v) is 20.1. The third-order valence-electron chi connectivity index (χ3n) is 14.1. The quantitative estimate of drug-likeness (QED) is 0.0537. The Hall–Kier alpha value is 0. The number of hydrogen-bond donors (Lipinski definition) is 0. The van der Waals surface area contributed by atoms with Gasteiger partial charge in [-0.15, -0.1) is 0 Å². The molecule has 1 radical (unpaired) electrons. The lowest BCUT2D eigenvalue weighted by Crippen LogP contribution is -2.10. The van der Waals surface area contributed by atoms with Gasteiger partial charge < -0.3 is 0 Å². The second kappa shape index (κ2) is 53.1. The van der Waals surface area contributed by atoms with Crippen molar-refractivity contribution in [3.8, 4) is 0 Å². The van der Waals surface area contributed by atoms with Gasteiger partial charge in [-0.1, -0.05) is 349 Å². The Morgan fingerprint density at radius 1 is 0.207 bits per heavy atom. The van der Waals surface area contributed by atoms with Crippen LogP contribution >= 0.6 is 0 Å². The van der Waals surface area contributed by atoms with Gasteiger partial charge >= 0.3 is 0 Å². The van der Waals surface area contributed by atoms with Gasteiger partial charge in [0.2, 0.25) is 0 Å². The molecule has 0 saturated carbocycles. The van der Waals surface area contributed by atoms with Gasteiger partial charge in [-0.2, -0.15) is 0 Å². The average molecular weight is 815 g/mol. The van der Waals surface area contributed by atoms with Crippen LogP contribution in [0.1, 0.15) is 362 Å². The van der Waals surface area contributed by atoms with Gasteiger partial charge in [0.25, 0.3) is 0 Å². The molecule has 0 saturated heterocycles. The first-order valence-corrected chi connectivity index (χ1v) is 28.6. The Morgan fingerprint density at radius 2 is 0.362 bits per heavy atom. The lowest BCUT2D eigenvalue weighted by atomic mass is 9.81. The predicted octanol–water partition coefficient (Wildman–Crippen LogP) is 22.5. The molecule has 0 aromatic carbocycles. The fraction of sp³-hybridized carbons (Fsp3) is 0.983. The van der Waals surface area contributed by atoms with Crippen molar-refractivity contribution in [2.24, 2.45) is 5.92 Å². The van der Waals surface area contributed by atoms with E-state index < -0.39 is 0 Å². The van der Waals surface area contributed by atoms with Crippen molar-refractivity contribution in [2.45, 2.75) is 362 Å². The topological polar surface area (TPSA) is 0 Å². The Balaban J connectivity index is 4.07. The summed E-state index contributed by atoms with van der Waals surface area (Å²) in [5.41, 5.74) is 0. The van der Waals surface area contributed by atoms with Crippen LogP contribution in [0, 0.1) is 11.8 Å². The fourth-order valence-corrected chi connectivity index (χ4v) is 9.80. The molecular weight excluding hydrogens is 697 g/mol. The molecule has 0 aliphatic rings. The van der Waals surface area contributed by atoms with Crippen LogP contribution in [0.15, 0.2) is 0 Å². The molecule has 349 valence electrons. The molecule has 0 aliphatic carbocycles. The highest BCUT2D eigenvalue weighted by molar-refractivity contribution is 4.94. The molecule has 0 rings (SSSR count). The molecule has 1 unspecified atom stereocenters. The first-order valence-electron chi connectivity index (χ1n) is 28.6. The molecule has 0 heterocycles. The van der Waals surface area contributed by atoms with Crippen molar-refractivity contribution < 1.29 is 0 Å². The van der Waals surface area contributed by atoms with E-state index in [-0.39, 0.29) is 0 Å². The molecule has 0 nitrogen and oxygen atoms in total. The minimum atomic E-state index is 0.865. The van der Waals surface area contributed by atoms with Crippen molar-refractivity contribution in [2.75, 3.05) is 0 Å². The van der Waals surface area contributed by atoms with Crippen molar-refractivity contribution >= 4 is 0 Å². The highest BCUT2D eigenvalue weighted by atomic mass is 14.2. The maximum absolute atomic E-state index is 2.61. The van der Waals surface area contributed by atoms with Gasteiger partial charge in [0.15, 0.2) is 0 Å². The summed E-state index contributed by atoms with van der Waals surface area (Å²) in [6.07, 6.45) is 76.6. The van der Waals surface area contributed by atoms with E-state index in [0.29, 0.717) is 0 Å². The molecule has 0 aliphatic heterocycles. The van der Waals surface area contributed by atoms with Gasteiger partial charge in [-0.3, -0.25) is 0 Å². The van der Waals surface area contributed by atoms with Gasteiger partial charge in [-0.25, -0.2) is 0 Å². The summed E-state index contributed by atoms with van der Waals surface area (Å²) in [7, 11) is 0. The lowest BCUT2D eigenvalue weighted by molar-refractivity contribution is 0.427. The molecule has 0 spiro atoms. The van der Waals surface area contributed by atoms with E-state index in [9.17, 15) is 0 Å². The zero-order valence-corrected chi connectivity index (χ0v) is 41.8. The smallest absolute Gasteiger partial charge is 0.0213 e. The van der Waals surface area contributed by atoms with E-state index in [2.05, 4.69) is 27.7 Å².